The van der Waals surface area contributed by atoms with E-state index in [1.54, 1.807) is 6.92 Å². The highest BCUT2D eigenvalue weighted by Crippen LogP contribution is 2.36. The molecule has 0 aromatic heterocycles. The Morgan fingerprint density at radius 1 is 1.31 bits per heavy atom. The van der Waals surface area contributed by atoms with Crippen molar-refractivity contribution in [1.29, 1.82) is 0 Å². The molecule has 0 unspecified atom stereocenters. The molecule has 0 amide bonds. The largest absolute Gasteiger partial charge is 0.417 e. The van der Waals surface area contributed by atoms with Crippen molar-refractivity contribution in [3.05, 3.63) is 6.10 Å². The van der Waals surface area contributed by atoms with Gasteiger partial charge in [0.25, 0.3) is 0 Å². The molecular weight excluding hydrogens is 180 g/mol. The summed E-state index contributed by atoms with van der Waals surface area (Å²) in [6.07, 6.45) is 1.12. The number of rotatable bonds is 4. The third-order valence-electron chi connectivity index (χ3n) is 2.73. The van der Waals surface area contributed by atoms with Crippen molar-refractivity contribution in [2.24, 2.45) is 0 Å². The zero-order valence-electron chi connectivity index (χ0n) is 9.77. The first-order valence-electron chi connectivity index (χ1n) is 4.82. The first-order valence-corrected chi connectivity index (χ1v) is 7.73. The molecule has 0 aliphatic rings. The monoisotopic (exact) mass is 203 g/mol. The molecule has 0 aromatic carbocycles. The standard InChI is InChI=1S/C10H23O2Si/c1-9(11)7-8-12-13(5,6)10(2,3)4/h11H,7-8H2,1-6H3. The van der Waals surface area contributed by atoms with Gasteiger partial charge in [-0.2, -0.15) is 0 Å². The molecule has 2 nitrogen and oxygen atoms in total. The molecule has 0 aromatic rings. The van der Waals surface area contributed by atoms with Crippen molar-refractivity contribution in [2.45, 2.75) is 52.2 Å². The molecule has 0 saturated heterocycles. The molecule has 0 fully saturated rings. The van der Waals surface area contributed by atoms with E-state index in [0.717, 1.165) is 0 Å². The molecule has 0 saturated carbocycles. The van der Waals surface area contributed by atoms with Crippen LogP contribution in [0.4, 0.5) is 0 Å². The van der Waals surface area contributed by atoms with Crippen LogP contribution >= 0.6 is 0 Å². The summed E-state index contributed by atoms with van der Waals surface area (Å²) in [6.45, 7) is 13.5. The van der Waals surface area contributed by atoms with Crippen molar-refractivity contribution in [2.75, 3.05) is 6.61 Å². The molecule has 0 rings (SSSR count). The van der Waals surface area contributed by atoms with E-state index >= 15 is 0 Å². The van der Waals surface area contributed by atoms with Crippen LogP contribution < -0.4 is 0 Å². The summed E-state index contributed by atoms with van der Waals surface area (Å²) in [5.41, 5.74) is 0. The van der Waals surface area contributed by atoms with Gasteiger partial charge in [0.2, 0.25) is 0 Å². The highest BCUT2D eigenvalue weighted by Gasteiger charge is 2.36. The lowest BCUT2D eigenvalue weighted by Gasteiger charge is -2.36. The Kier molecular flexibility index (Phi) is 4.62. The topological polar surface area (TPSA) is 29.5 Å². The van der Waals surface area contributed by atoms with Crippen LogP contribution in [0.25, 0.3) is 0 Å². The van der Waals surface area contributed by atoms with Gasteiger partial charge in [0.1, 0.15) is 0 Å². The van der Waals surface area contributed by atoms with Crippen LogP contribution in [-0.4, -0.2) is 20.0 Å². The second-order valence-electron chi connectivity index (χ2n) is 5.09. The lowest BCUT2D eigenvalue weighted by molar-refractivity contribution is 0.228. The fourth-order valence-corrected chi connectivity index (χ4v) is 1.72. The number of aliphatic hydroxyl groups is 1. The number of hydrogen-bond acceptors (Lipinski definition) is 2. The molecular formula is C10H23O2Si. The van der Waals surface area contributed by atoms with Gasteiger partial charge >= 0.3 is 0 Å². The summed E-state index contributed by atoms with van der Waals surface area (Å²) in [5, 5.41) is 9.26. The van der Waals surface area contributed by atoms with E-state index in [1.807, 2.05) is 0 Å². The van der Waals surface area contributed by atoms with Crippen molar-refractivity contribution in [1.82, 2.24) is 0 Å². The molecule has 79 valence electrons. The van der Waals surface area contributed by atoms with E-state index in [1.165, 1.54) is 0 Å². The molecule has 0 aliphatic carbocycles. The Morgan fingerprint density at radius 2 is 1.77 bits per heavy atom. The van der Waals surface area contributed by atoms with Crippen LogP contribution in [0, 0.1) is 6.10 Å². The van der Waals surface area contributed by atoms with Crippen LogP contribution in [0.2, 0.25) is 18.1 Å². The van der Waals surface area contributed by atoms with Gasteiger partial charge in [0, 0.05) is 13.0 Å². The maximum absolute atomic E-state index is 9.00. The zero-order valence-corrected chi connectivity index (χ0v) is 10.8. The SMILES string of the molecule is C[C](O)CCO[Si](C)(C)C(C)(C)C. The van der Waals surface area contributed by atoms with E-state index in [-0.39, 0.29) is 5.04 Å². The summed E-state index contributed by atoms with van der Waals surface area (Å²) in [7, 11) is -1.60. The highest BCUT2D eigenvalue weighted by molar-refractivity contribution is 6.74. The second-order valence-corrected chi connectivity index (χ2v) is 9.90. The van der Waals surface area contributed by atoms with Gasteiger partial charge in [0.05, 0.1) is 6.10 Å². The minimum Gasteiger partial charge on any atom is -0.417 e. The summed E-state index contributed by atoms with van der Waals surface area (Å²) >= 11 is 0. The van der Waals surface area contributed by atoms with Crippen molar-refractivity contribution < 1.29 is 9.53 Å². The third-order valence-corrected chi connectivity index (χ3v) is 7.27. The first kappa shape index (κ1) is 13.1. The predicted molar refractivity (Wildman–Crippen MR) is 58.6 cm³/mol. The summed E-state index contributed by atoms with van der Waals surface area (Å²) < 4.78 is 5.86. The quantitative estimate of drug-likeness (QED) is 0.710. The third kappa shape index (κ3) is 4.79. The lowest BCUT2D eigenvalue weighted by atomic mass is 10.2. The van der Waals surface area contributed by atoms with E-state index in [2.05, 4.69) is 33.9 Å². The molecule has 0 spiro atoms. The van der Waals surface area contributed by atoms with Crippen LogP contribution in [0.5, 0.6) is 0 Å². The second kappa shape index (κ2) is 4.58. The molecule has 1 radical (unpaired) electrons. The lowest BCUT2D eigenvalue weighted by Crippen LogP contribution is -2.41. The summed E-state index contributed by atoms with van der Waals surface area (Å²) in [6, 6.07) is 0. The molecule has 1 N–H and O–H groups in total. The van der Waals surface area contributed by atoms with Crippen LogP contribution in [0.3, 0.4) is 0 Å². The maximum atomic E-state index is 9.00. The van der Waals surface area contributed by atoms with Gasteiger partial charge in [-0.15, -0.1) is 0 Å². The first-order chi connectivity index (χ1) is 5.67. The molecule has 13 heavy (non-hydrogen) atoms. The van der Waals surface area contributed by atoms with Gasteiger partial charge < -0.3 is 9.53 Å². The average Bonchev–Trinajstić information content (AvgIpc) is 1.82. The van der Waals surface area contributed by atoms with Crippen molar-refractivity contribution in [3.63, 3.8) is 0 Å². The molecule has 0 atom stereocenters. The number of aliphatic hydroxyl groups excluding tert-OH is 1. The molecule has 3 heteroatoms. The van der Waals surface area contributed by atoms with Crippen LogP contribution in [0.15, 0.2) is 0 Å². The minimum atomic E-state index is -1.60. The fourth-order valence-electron chi connectivity index (χ4n) is 0.670. The van der Waals surface area contributed by atoms with E-state index in [0.29, 0.717) is 19.1 Å². The van der Waals surface area contributed by atoms with E-state index in [9.17, 15) is 0 Å². The van der Waals surface area contributed by atoms with Crippen LogP contribution in [0.1, 0.15) is 34.1 Å². The Bertz CT molecular complexity index is 147. The van der Waals surface area contributed by atoms with Gasteiger partial charge in [0.15, 0.2) is 8.32 Å². The van der Waals surface area contributed by atoms with Gasteiger partial charge in [-0.3, -0.25) is 0 Å². The normalized spacial score (nSPS) is 13.8. The Balaban J connectivity index is 3.90. The molecule has 0 aliphatic heterocycles. The number of hydrogen-bond donors (Lipinski definition) is 1. The van der Waals surface area contributed by atoms with Crippen LogP contribution in [-0.2, 0) is 4.43 Å². The molecule has 0 bridgehead atoms. The summed E-state index contributed by atoms with van der Waals surface area (Å²) in [5.74, 6) is 0. The average molecular weight is 203 g/mol. The van der Waals surface area contributed by atoms with Crippen molar-refractivity contribution in [3.8, 4) is 0 Å². The maximum Gasteiger partial charge on any atom is 0.191 e. The predicted octanol–water partition coefficient (Wildman–Crippen LogP) is 3.32. The Morgan fingerprint density at radius 3 is 2.08 bits per heavy atom. The van der Waals surface area contributed by atoms with Crippen molar-refractivity contribution >= 4 is 8.32 Å². The fraction of sp³-hybridized carbons (Fsp3) is 0.900. The van der Waals surface area contributed by atoms with Gasteiger partial charge in [-0.1, -0.05) is 20.8 Å². The smallest absolute Gasteiger partial charge is 0.191 e. The highest BCUT2D eigenvalue weighted by atomic mass is 28.4. The van der Waals surface area contributed by atoms with Gasteiger partial charge in [-0.25, -0.2) is 0 Å². The van der Waals surface area contributed by atoms with E-state index in [4.69, 9.17) is 9.53 Å². The minimum absolute atomic E-state index is 0.260. The Hall–Kier alpha value is 0.137. The van der Waals surface area contributed by atoms with E-state index < -0.39 is 8.32 Å². The van der Waals surface area contributed by atoms with Gasteiger partial charge in [-0.05, 0) is 25.1 Å². The Labute approximate surface area is 83.4 Å². The zero-order chi connectivity index (χ0) is 10.7. The molecule has 0 heterocycles. The summed E-state index contributed by atoms with van der Waals surface area (Å²) in [4.78, 5) is 0.